The van der Waals surface area contributed by atoms with Crippen molar-refractivity contribution in [2.45, 2.75) is 24.1 Å². The SMILES string of the molecule is CCC(=O)Nc1c(F)ccc(NC(=O)c2cc(NC(=O)[C@H]3CC3(Cl)Cl)ccc2Cl)c1F. The van der Waals surface area contributed by atoms with Gasteiger partial charge in [-0.3, -0.25) is 14.4 Å². The van der Waals surface area contributed by atoms with Gasteiger partial charge >= 0.3 is 0 Å². The fraction of sp³-hybridized carbons (Fsp3) is 0.250. The van der Waals surface area contributed by atoms with Gasteiger partial charge in [0.2, 0.25) is 11.8 Å². The first-order valence-corrected chi connectivity index (χ1v) is 10.2. The van der Waals surface area contributed by atoms with E-state index in [1.54, 1.807) is 0 Å². The van der Waals surface area contributed by atoms with Crippen molar-refractivity contribution in [1.82, 2.24) is 0 Å². The highest BCUT2D eigenvalue weighted by Crippen LogP contribution is 2.53. The molecule has 0 saturated heterocycles. The Kier molecular flexibility index (Phi) is 6.73. The first-order chi connectivity index (χ1) is 14.5. The van der Waals surface area contributed by atoms with Gasteiger partial charge in [0, 0.05) is 12.1 Å². The molecule has 0 unspecified atom stereocenters. The smallest absolute Gasteiger partial charge is 0.257 e. The molecule has 1 saturated carbocycles. The third kappa shape index (κ3) is 5.26. The van der Waals surface area contributed by atoms with E-state index in [0.717, 1.165) is 12.1 Å². The van der Waals surface area contributed by atoms with Crippen LogP contribution in [0.3, 0.4) is 0 Å². The molecule has 1 aliphatic carbocycles. The van der Waals surface area contributed by atoms with Gasteiger partial charge in [-0.25, -0.2) is 8.78 Å². The van der Waals surface area contributed by atoms with Gasteiger partial charge in [0.15, 0.2) is 5.82 Å². The number of alkyl halides is 2. The predicted molar refractivity (Wildman–Crippen MR) is 116 cm³/mol. The maximum absolute atomic E-state index is 14.6. The molecule has 0 spiro atoms. The molecule has 6 nitrogen and oxygen atoms in total. The quantitative estimate of drug-likeness (QED) is 0.477. The normalized spacial score (nSPS) is 16.4. The van der Waals surface area contributed by atoms with Gasteiger partial charge in [0.05, 0.1) is 22.2 Å². The Morgan fingerprint density at radius 1 is 1.10 bits per heavy atom. The van der Waals surface area contributed by atoms with Crippen LogP contribution in [0.5, 0.6) is 0 Å². The number of amides is 3. The average Bonchev–Trinajstić information content (AvgIpc) is 3.36. The first kappa shape index (κ1) is 23.2. The molecule has 11 heteroatoms. The molecule has 1 atom stereocenters. The molecule has 0 heterocycles. The average molecular weight is 491 g/mol. The second kappa shape index (κ2) is 8.98. The Balaban J connectivity index is 1.80. The molecule has 31 heavy (non-hydrogen) atoms. The van der Waals surface area contributed by atoms with Crippen molar-refractivity contribution < 1.29 is 23.2 Å². The van der Waals surface area contributed by atoms with Crippen LogP contribution < -0.4 is 16.0 Å². The lowest BCUT2D eigenvalue weighted by Gasteiger charge is -2.13. The zero-order valence-corrected chi connectivity index (χ0v) is 18.3. The van der Waals surface area contributed by atoms with Crippen molar-refractivity contribution in [2.75, 3.05) is 16.0 Å². The van der Waals surface area contributed by atoms with E-state index < -0.39 is 45.3 Å². The maximum atomic E-state index is 14.6. The molecule has 1 fully saturated rings. The van der Waals surface area contributed by atoms with Gasteiger partial charge in [-0.1, -0.05) is 18.5 Å². The standard InChI is InChI=1S/C20H16Cl3F2N3O3/c1-2-15(29)28-17-13(24)5-6-14(16(17)25)27-18(30)10-7-9(3-4-12(10)21)26-19(31)11-8-20(11,22)23/h3-7,11H,2,8H2,1H3,(H,26,31)(H,27,30)(H,28,29)/t11-/m1/s1. The number of carbonyl (C=O) groups is 3. The highest BCUT2D eigenvalue weighted by Gasteiger charge is 2.56. The number of anilines is 3. The summed E-state index contributed by atoms with van der Waals surface area (Å²) < 4.78 is 27.4. The highest BCUT2D eigenvalue weighted by atomic mass is 35.5. The lowest BCUT2D eigenvalue weighted by atomic mass is 10.1. The Morgan fingerprint density at radius 2 is 1.77 bits per heavy atom. The van der Waals surface area contributed by atoms with Crippen LogP contribution in [0.2, 0.25) is 5.02 Å². The summed E-state index contributed by atoms with van der Waals surface area (Å²) in [5.41, 5.74) is -0.852. The molecule has 2 aromatic rings. The molecule has 0 bridgehead atoms. The number of carbonyl (C=O) groups excluding carboxylic acids is 3. The number of rotatable bonds is 6. The molecule has 0 aromatic heterocycles. The van der Waals surface area contributed by atoms with Gasteiger partial charge in [0.1, 0.15) is 15.8 Å². The van der Waals surface area contributed by atoms with Crippen LogP contribution in [0.15, 0.2) is 30.3 Å². The van der Waals surface area contributed by atoms with E-state index in [2.05, 4.69) is 16.0 Å². The summed E-state index contributed by atoms with van der Waals surface area (Å²) in [6, 6.07) is 6.06. The first-order valence-electron chi connectivity index (χ1n) is 9.11. The van der Waals surface area contributed by atoms with E-state index in [1.807, 2.05) is 0 Å². The van der Waals surface area contributed by atoms with Crippen LogP contribution in [0.25, 0.3) is 0 Å². The molecule has 0 radical (unpaired) electrons. The number of nitrogens with one attached hydrogen (secondary N) is 3. The van der Waals surface area contributed by atoms with Gasteiger partial charge in [-0.15, -0.1) is 23.2 Å². The third-order valence-corrected chi connectivity index (χ3v) is 5.71. The Hall–Kier alpha value is -2.42. The minimum absolute atomic E-state index is 0.0129. The fourth-order valence-electron chi connectivity index (χ4n) is 2.69. The van der Waals surface area contributed by atoms with Gasteiger partial charge in [0.25, 0.3) is 5.91 Å². The maximum Gasteiger partial charge on any atom is 0.257 e. The van der Waals surface area contributed by atoms with Crippen molar-refractivity contribution in [1.29, 1.82) is 0 Å². The fourth-order valence-corrected chi connectivity index (χ4v) is 3.40. The molecule has 164 valence electrons. The zero-order valence-electron chi connectivity index (χ0n) is 16.0. The van der Waals surface area contributed by atoms with E-state index in [9.17, 15) is 23.2 Å². The van der Waals surface area contributed by atoms with E-state index in [4.69, 9.17) is 34.8 Å². The molecule has 0 aliphatic heterocycles. The van der Waals surface area contributed by atoms with E-state index >= 15 is 0 Å². The number of hydrogen-bond donors (Lipinski definition) is 3. The lowest BCUT2D eigenvalue weighted by molar-refractivity contribution is -0.117. The Labute approximate surface area is 191 Å². The largest absolute Gasteiger partial charge is 0.326 e. The summed E-state index contributed by atoms with van der Waals surface area (Å²) in [6.45, 7) is 1.52. The molecule has 1 aliphatic rings. The van der Waals surface area contributed by atoms with E-state index in [1.165, 1.54) is 25.1 Å². The van der Waals surface area contributed by atoms with Gasteiger partial charge in [-0.05, 0) is 36.8 Å². The second-order valence-corrected chi connectivity index (χ2v) is 8.79. The molecular formula is C20H16Cl3F2N3O3. The monoisotopic (exact) mass is 489 g/mol. The number of benzene rings is 2. The van der Waals surface area contributed by atoms with Crippen molar-refractivity contribution in [3.63, 3.8) is 0 Å². The summed E-state index contributed by atoms with van der Waals surface area (Å²) in [5, 5.41) is 7.01. The van der Waals surface area contributed by atoms with Crippen LogP contribution in [0.4, 0.5) is 25.8 Å². The van der Waals surface area contributed by atoms with Gasteiger partial charge < -0.3 is 16.0 Å². The summed E-state index contributed by atoms with van der Waals surface area (Å²) in [7, 11) is 0. The summed E-state index contributed by atoms with van der Waals surface area (Å²) >= 11 is 17.8. The molecule has 3 rings (SSSR count). The van der Waals surface area contributed by atoms with Crippen LogP contribution in [-0.2, 0) is 9.59 Å². The van der Waals surface area contributed by atoms with Crippen LogP contribution >= 0.6 is 34.8 Å². The van der Waals surface area contributed by atoms with Gasteiger partial charge in [-0.2, -0.15) is 0 Å². The highest BCUT2D eigenvalue weighted by molar-refractivity contribution is 6.52. The topological polar surface area (TPSA) is 87.3 Å². The summed E-state index contributed by atoms with van der Waals surface area (Å²) in [5.74, 6) is -4.54. The predicted octanol–water partition coefficient (Wildman–Crippen LogP) is 5.35. The molecule has 3 N–H and O–H groups in total. The van der Waals surface area contributed by atoms with Crippen LogP contribution in [0.1, 0.15) is 30.1 Å². The number of halogens is 5. The van der Waals surface area contributed by atoms with E-state index in [-0.39, 0.29) is 28.4 Å². The Morgan fingerprint density at radius 3 is 2.39 bits per heavy atom. The minimum Gasteiger partial charge on any atom is -0.326 e. The third-order valence-electron chi connectivity index (χ3n) is 4.55. The van der Waals surface area contributed by atoms with E-state index in [0.29, 0.717) is 6.42 Å². The van der Waals surface area contributed by atoms with Crippen molar-refractivity contribution in [2.24, 2.45) is 5.92 Å². The van der Waals surface area contributed by atoms with Crippen LogP contribution in [-0.4, -0.2) is 22.1 Å². The Bertz CT molecular complexity index is 1080. The molecule has 2 aromatic carbocycles. The number of hydrogen-bond acceptors (Lipinski definition) is 3. The van der Waals surface area contributed by atoms with Crippen molar-refractivity contribution >= 4 is 69.6 Å². The minimum atomic E-state index is -1.15. The lowest BCUT2D eigenvalue weighted by Crippen LogP contribution is -2.19. The summed E-state index contributed by atoms with van der Waals surface area (Å²) in [6.07, 6.45) is 0.322. The molecular weight excluding hydrogens is 475 g/mol. The van der Waals surface area contributed by atoms with Crippen molar-refractivity contribution in [3.8, 4) is 0 Å². The summed E-state index contributed by atoms with van der Waals surface area (Å²) in [4.78, 5) is 36.3. The zero-order chi connectivity index (χ0) is 22.9. The molecule has 3 amide bonds. The second-order valence-electron chi connectivity index (χ2n) is 6.84. The van der Waals surface area contributed by atoms with Crippen LogP contribution in [0, 0.1) is 17.6 Å². The van der Waals surface area contributed by atoms with Crippen molar-refractivity contribution in [3.05, 3.63) is 52.6 Å².